The molecule has 0 unspecified atom stereocenters. The summed E-state index contributed by atoms with van der Waals surface area (Å²) in [5, 5.41) is 3.44. The van der Waals surface area contributed by atoms with Gasteiger partial charge >= 0.3 is 0 Å². The lowest BCUT2D eigenvalue weighted by molar-refractivity contribution is -0.118. The number of thiophene rings is 1. The number of carbonyl (C=O) groups is 1. The molecule has 0 aliphatic carbocycles. The lowest BCUT2D eigenvalue weighted by Crippen LogP contribution is -2.31. The van der Waals surface area contributed by atoms with Gasteiger partial charge in [-0.15, -0.1) is 11.3 Å². The maximum Gasteiger partial charge on any atom is 0.263 e. The molecule has 0 spiro atoms. The van der Waals surface area contributed by atoms with Crippen LogP contribution in [-0.2, 0) is 4.79 Å². The number of carbonyl (C=O) groups excluding carboxylic acids is 1. The second-order valence-corrected chi connectivity index (χ2v) is 8.27. The number of aryl methyl sites for hydroxylation is 2. The summed E-state index contributed by atoms with van der Waals surface area (Å²) in [5.41, 5.74) is 3.48. The zero-order valence-electron chi connectivity index (χ0n) is 16.5. The molecular formula is C23H21N3O2S. The van der Waals surface area contributed by atoms with E-state index in [1.807, 2.05) is 68.4 Å². The van der Waals surface area contributed by atoms with Crippen LogP contribution in [0, 0.1) is 13.8 Å². The summed E-state index contributed by atoms with van der Waals surface area (Å²) in [6, 6.07) is 16.7. The Labute approximate surface area is 172 Å². The normalized spacial score (nSPS) is 12.1. The zero-order valence-corrected chi connectivity index (χ0v) is 17.3. The van der Waals surface area contributed by atoms with Crippen LogP contribution in [0.15, 0.2) is 65.7 Å². The molecule has 2 aromatic heterocycles. The molecule has 0 saturated carbocycles. The van der Waals surface area contributed by atoms with Gasteiger partial charge in [0.05, 0.1) is 11.7 Å². The van der Waals surface area contributed by atoms with Crippen LogP contribution >= 0.6 is 11.3 Å². The first-order valence-corrected chi connectivity index (χ1v) is 10.2. The SMILES string of the molecule is Cc1ccc(NC(=O)[C@H](C)n2cnc3sc(C)c(-c4ccccc4)c3c2=O)cc1. The fraction of sp³-hybridized carbons (Fsp3) is 0.174. The van der Waals surface area contributed by atoms with E-state index in [1.54, 1.807) is 6.92 Å². The van der Waals surface area contributed by atoms with Gasteiger partial charge in [0.25, 0.3) is 5.56 Å². The number of hydrogen-bond acceptors (Lipinski definition) is 4. The van der Waals surface area contributed by atoms with Gasteiger partial charge < -0.3 is 5.32 Å². The lowest BCUT2D eigenvalue weighted by Gasteiger charge is -2.15. The largest absolute Gasteiger partial charge is 0.324 e. The third-order valence-electron chi connectivity index (χ3n) is 4.99. The summed E-state index contributed by atoms with van der Waals surface area (Å²) in [5.74, 6) is -0.259. The molecule has 2 aromatic carbocycles. The Bertz CT molecular complexity index is 1240. The minimum absolute atomic E-state index is 0.204. The highest BCUT2D eigenvalue weighted by Crippen LogP contribution is 2.35. The van der Waals surface area contributed by atoms with E-state index in [0.717, 1.165) is 21.6 Å². The quantitative estimate of drug-likeness (QED) is 0.525. The van der Waals surface area contributed by atoms with Crippen LogP contribution in [0.4, 0.5) is 5.69 Å². The Kier molecular flexibility index (Phi) is 5.03. The number of aromatic nitrogens is 2. The van der Waals surface area contributed by atoms with Crippen molar-refractivity contribution < 1.29 is 4.79 Å². The van der Waals surface area contributed by atoms with Gasteiger partial charge in [0.15, 0.2) is 0 Å². The third-order valence-corrected chi connectivity index (χ3v) is 6.00. The highest BCUT2D eigenvalue weighted by atomic mass is 32.1. The summed E-state index contributed by atoms with van der Waals surface area (Å²) < 4.78 is 1.41. The van der Waals surface area contributed by atoms with Gasteiger partial charge in [-0.3, -0.25) is 14.2 Å². The molecule has 4 rings (SSSR count). The molecule has 0 aliphatic heterocycles. The first-order valence-electron chi connectivity index (χ1n) is 9.39. The van der Waals surface area contributed by atoms with Crippen molar-refractivity contribution in [2.75, 3.05) is 5.32 Å². The predicted octanol–water partition coefficient (Wildman–Crippen LogP) is 4.94. The van der Waals surface area contributed by atoms with Crippen molar-refractivity contribution in [1.82, 2.24) is 9.55 Å². The van der Waals surface area contributed by atoms with E-state index in [-0.39, 0.29) is 11.5 Å². The second kappa shape index (κ2) is 7.64. The van der Waals surface area contributed by atoms with Crippen LogP contribution in [0.2, 0.25) is 0 Å². The molecule has 146 valence electrons. The van der Waals surface area contributed by atoms with Crippen molar-refractivity contribution in [3.63, 3.8) is 0 Å². The van der Waals surface area contributed by atoms with Crippen molar-refractivity contribution in [2.45, 2.75) is 26.8 Å². The molecule has 2 heterocycles. The Hall–Kier alpha value is -3.25. The monoisotopic (exact) mass is 403 g/mol. The van der Waals surface area contributed by atoms with Crippen LogP contribution in [0.25, 0.3) is 21.3 Å². The van der Waals surface area contributed by atoms with Crippen LogP contribution in [0.5, 0.6) is 0 Å². The van der Waals surface area contributed by atoms with Gasteiger partial charge in [0.1, 0.15) is 10.9 Å². The van der Waals surface area contributed by atoms with Gasteiger partial charge in [-0.25, -0.2) is 4.98 Å². The zero-order chi connectivity index (χ0) is 20.5. The first kappa shape index (κ1) is 19.1. The number of anilines is 1. The van der Waals surface area contributed by atoms with Crippen LogP contribution < -0.4 is 10.9 Å². The molecule has 29 heavy (non-hydrogen) atoms. The Morgan fingerprint density at radius 1 is 1.07 bits per heavy atom. The summed E-state index contributed by atoms with van der Waals surface area (Å²) in [6.07, 6.45) is 1.47. The molecule has 6 heteroatoms. The molecule has 0 saturated heterocycles. The molecule has 4 aromatic rings. The number of benzene rings is 2. The minimum atomic E-state index is -0.690. The van der Waals surface area contributed by atoms with Gasteiger partial charge in [0.2, 0.25) is 5.91 Å². The average Bonchev–Trinajstić information content (AvgIpc) is 3.07. The van der Waals surface area contributed by atoms with Crippen LogP contribution in [0.3, 0.4) is 0 Å². The maximum atomic E-state index is 13.3. The van der Waals surface area contributed by atoms with Crippen molar-refractivity contribution in [1.29, 1.82) is 0 Å². The van der Waals surface area contributed by atoms with Gasteiger partial charge in [-0.05, 0) is 38.5 Å². The number of rotatable bonds is 4. The summed E-state index contributed by atoms with van der Waals surface area (Å²) in [7, 11) is 0. The van der Waals surface area contributed by atoms with Crippen LogP contribution in [0.1, 0.15) is 23.4 Å². The van der Waals surface area contributed by atoms with Gasteiger partial charge in [-0.2, -0.15) is 0 Å². The third kappa shape index (κ3) is 3.59. The number of hydrogen-bond donors (Lipinski definition) is 1. The van der Waals surface area contributed by atoms with E-state index >= 15 is 0 Å². The van der Waals surface area contributed by atoms with E-state index < -0.39 is 6.04 Å². The summed E-state index contributed by atoms with van der Waals surface area (Å²) in [6.45, 7) is 5.69. The fourth-order valence-electron chi connectivity index (χ4n) is 3.35. The first-order chi connectivity index (χ1) is 14.0. The molecule has 0 bridgehead atoms. The predicted molar refractivity (Wildman–Crippen MR) is 119 cm³/mol. The number of nitrogens with zero attached hydrogens (tertiary/aromatic N) is 2. The molecule has 0 aliphatic rings. The van der Waals surface area contributed by atoms with E-state index in [1.165, 1.54) is 22.2 Å². The van der Waals surface area contributed by atoms with E-state index in [9.17, 15) is 9.59 Å². The Morgan fingerprint density at radius 2 is 1.76 bits per heavy atom. The Balaban J connectivity index is 1.74. The van der Waals surface area contributed by atoms with E-state index in [0.29, 0.717) is 15.9 Å². The lowest BCUT2D eigenvalue weighted by atomic mass is 10.0. The number of amides is 1. The van der Waals surface area contributed by atoms with Crippen molar-refractivity contribution in [3.8, 4) is 11.1 Å². The number of nitrogens with one attached hydrogen (secondary N) is 1. The molecule has 1 atom stereocenters. The van der Waals surface area contributed by atoms with Gasteiger partial charge in [-0.1, -0.05) is 48.0 Å². The molecular weight excluding hydrogens is 382 g/mol. The molecule has 5 nitrogen and oxygen atoms in total. The Morgan fingerprint density at radius 3 is 2.45 bits per heavy atom. The summed E-state index contributed by atoms with van der Waals surface area (Å²) in [4.78, 5) is 32.3. The minimum Gasteiger partial charge on any atom is -0.324 e. The second-order valence-electron chi connectivity index (χ2n) is 7.07. The molecule has 0 fully saturated rings. The highest BCUT2D eigenvalue weighted by molar-refractivity contribution is 7.19. The standard InChI is InChI=1S/C23H21N3O2S/c1-14-9-11-18(12-10-14)25-21(27)15(2)26-13-24-22-20(23(26)28)19(16(3)29-22)17-7-5-4-6-8-17/h4-13,15H,1-3H3,(H,25,27)/t15-/m0/s1. The van der Waals surface area contributed by atoms with E-state index in [4.69, 9.17) is 0 Å². The molecule has 1 N–H and O–H groups in total. The molecule has 0 radical (unpaired) electrons. The summed E-state index contributed by atoms with van der Waals surface area (Å²) >= 11 is 1.50. The molecule has 1 amide bonds. The van der Waals surface area contributed by atoms with Crippen molar-refractivity contribution in [2.24, 2.45) is 0 Å². The number of fused-ring (bicyclic) bond motifs is 1. The smallest absolute Gasteiger partial charge is 0.263 e. The highest BCUT2D eigenvalue weighted by Gasteiger charge is 2.21. The average molecular weight is 404 g/mol. The van der Waals surface area contributed by atoms with Gasteiger partial charge in [0, 0.05) is 16.1 Å². The van der Waals surface area contributed by atoms with E-state index in [2.05, 4.69) is 10.3 Å². The topological polar surface area (TPSA) is 64.0 Å². The fourth-order valence-corrected chi connectivity index (χ4v) is 4.36. The van der Waals surface area contributed by atoms with Crippen molar-refractivity contribution >= 4 is 33.1 Å². The van der Waals surface area contributed by atoms with Crippen LogP contribution in [-0.4, -0.2) is 15.5 Å². The maximum absolute atomic E-state index is 13.3. The van der Waals surface area contributed by atoms with Crippen molar-refractivity contribution in [3.05, 3.63) is 81.7 Å².